The Morgan fingerprint density at radius 3 is 2.56 bits per heavy atom. The Morgan fingerprint density at radius 2 is 2.00 bits per heavy atom. The highest BCUT2D eigenvalue weighted by Gasteiger charge is 2.32. The van der Waals surface area contributed by atoms with Crippen LogP contribution >= 0.6 is 39.0 Å². The fraction of sp³-hybridized carbons (Fsp3) is 0.654. The Morgan fingerprint density at radius 1 is 1.32 bits per heavy atom. The van der Waals surface area contributed by atoms with Crippen LogP contribution in [0.3, 0.4) is 0 Å². The molecule has 0 aromatic carbocycles. The van der Waals surface area contributed by atoms with E-state index < -0.39 is 10.9 Å². The minimum Gasteiger partial charge on any atom is -0.457 e. The number of ketones is 1. The molecule has 1 aromatic heterocycles. The second-order valence-electron chi connectivity index (χ2n) is 9.40. The molecule has 0 radical (unpaired) electrons. The number of aromatic nitrogens is 1. The molecule has 8 heteroatoms. The van der Waals surface area contributed by atoms with Gasteiger partial charge in [-0.05, 0) is 78.4 Å². The molecule has 0 fully saturated rings. The zero-order valence-electron chi connectivity index (χ0n) is 21.5. The van der Waals surface area contributed by atoms with Gasteiger partial charge in [-0.25, -0.2) is 4.98 Å². The molecule has 1 unspecified atom stereocenters. The number of carbonyl (C=O) groups is 2. The zero-order chi connectivity index (χ0) is 25.9. The number of aliphatic hydroxyl groups excluding tert-OH is 1. The van der Waals surface area contributed by atoms with Crippen LogP contribution in [0.15, 0.2) is 22.6 Å². The first kappa shape index (κ1) is 31.1. The predicted molar refractivity (Wildman–Crippen MR) is 149 cm³/mol. The largest absolute Gasteiger partial charge is 0.457 e. The average molecular weight is 575 g/mol. The minimum atomic E-state index is -0.678. The van der Waals surface area contributed by atoms with Gasteiger partial charge < -0.3 is 9.84 Å². The molecule has 0 aliphatic heterocycles. The lowest BCUT2D eigenvalue weighted by Crippen LogP contribution is -2.34. The maximum Gasteiger partial charge on any atom is 0.316 e. The second kappa shape index (κ2) is 15.2. The highest BCUT2D eigenvalue weighted by Crippen LogP contribution is 2.29. The normalized spacial score (nSPS) is 15.7. The van der Waals surface area contributed by atoms with Gasteiger partial charge in [-0.2, -0.15) is 0 Å². The van der Waals surface area contributed by atoms with Crippen LogP contribution in [0.1, 0.15) is 77.9 Å². The van der Waals surface area contributed by atoms with Gasteiger partial charge in [0, 0.05) is 18.4 Å². The number of ether oxygens (including phenoxy) is 1. The van der Waals surface area contributed by atoms with Crippen molar-refractivity contribution in [3.05, 3.63) is 33.3 Å². The number of aryl methyl sites for hydroxylation is 1. The zero-order valence-corrected chi connectivity index (χ0v) is 24.7. The van der Waals surface area contributed by atoms with E-state index in [2.05, 4.69) is 33.9 Å². The maximum atomic E-state index is 12.7. The Hall–Kier alpha value is -0.960. The van der Waals surface area contributed by atoms with Crippen LogP contribution < -0.4 is 0 Å². The van der Waals surface area contributed by atoms with E-state index in [1.807, 2.05) is 46.1 Å². The molecule has 0 spiro atoms. The van der Waals surface area contributed by atoms with Crippen molar-refractivity contribution >= 4 is 56.9 Å². The van der Waals surface area contributed by atoms with Crippen LogP contribution in [0.25, 0.3) is 6.08 Å². The van der Waals surface area contributed by atoms with E-state index in [9.17, 15) is 14.7 Å². The van der Waals surface area contributed by atoms with E-state index in [-0.39, 0.29) is 28.9 Å². The van der Waals surface area contributed by atoms with E-state index in [0.717, 1.165) is 35.5 Å². The highest BCUT2D eigenvalue weighted by atomic mass is 79.9. The SMILES string of the molecule is C/C(=C/C[C@H](OC(=O)CSC(C)(C)C(=O)C(C)Br)/C(C)=C/c1csc(C)n1)CCC[C@H](C)CO. The molecule has 1 N–H and O–H groups in total. The standard InChI is InChI=1S/C26H40BrNO4S2/c1-17(9-8-10-18(2)14-29)11-12-23(19(3)13-22-15-33-21(5)28-22)32-24(30)16-34-26(6,7)25(31)20(4)27/h11,13,15,18,20,23,29H,8-10,12,14,16H2,1-7H3/b17-11-,19-13+/t18-,20?,23-/m0/s1. The molecule has 0 bridgehead atoms. The van der Waals surface area contributed by atoms with Gasteiger partial charge in [0.15, 0.2) is 5.78 Å². The summed E-state index contributed by atoms with van der Waals surface area (Å²) in [4.78, 5) is 29.3. The molecule has 0 aliphatic rings. The molecule has 0 saturated heterocycles. The van der Waals surface area contributed by atoms with Crippen LogP contribution in [0.2, 0.25) is 0 Å². The third-order valence-electron chi connectivity index (χ3n) is 5.56. The maximum absolute atomic E-state index is 12.7. The fourth-order valence-electron chi connectivity index (χ4n) is 3.31. The lowest BCUT2D eigenvalue weighted by atomic mass is 10.0. The number of thioether (sulfide) groups is 1. The van der Waals surface area contributed by atoms with Crippen molar-refractivity contribution in [2.45, 2.75) is 89.8 Å². The monoisotopic (exact) mass is 573 g/mol. The lowest BCUT2D eigenvalue weighted by Gasteiger charge is -2.24. The number of rotatable bonds is 15. The molecule has 3 atom stereocenters. The van der Waals surface area contributed by atoms with Crippen LogP contribution in [0.5, 0.6) is 0 Å². The topological polar surface area (TPSA) is 76.5 Å². The number of esters is 1. The molecular weight excluding hydrogens is 534 g/mol. The van der Waals surface area contributed by atoms with Crippen molar-refractivity contribution in [1.29, 1.82) is 0 Å². The van der Waals surface area contributed by atoms with Gasteiger partial charge in [0.1, 0.15) is 6.10 Å². The number of nitrogens with zero attached hydrogens (tertiary/aromatic N) is 1. The summed E-state index contributed by atoms with van der Waals surface area (Å²) in [6.45, 7) is 13.8. The summed E-state index contributed by atoms with van der Waals surface area (Å²) in [5.74, 6) is 0.142. The third-order valence-corrected chi connectivity index (χ3v) is 8.07. The van der Waals surface area contributed by atoms with Crippen LogP contribution in [-0.2, 0) is 14.3 Å². The van der Waals surface area contributed by atoms with Crippen molar-refractivity contribution in [3.8, 4) is 0 Å². The molecule has 192 valence electrons. The van der Waals surface area contributed by atoms with Crippen LogP contribution in [-0.4, -0.2) is 49.9 Å². The summed E-state index contributed by atoms with van der Waals surface area (Å²) in [6, 6.07) is 0. The summed E-state index contributed by atoms with van der Waals surface area (Å²) >= 11 is 6.22. The van der Waals surface area contributed by atoms with Gasteiger partial charge in [0.25, 0.3) is 0 Å². The smallest absolute Gasteiger partial charge is 0.316 e. The molecule has 1 aromatic rings. The van der Waals surface area contributed by atoms with E-state index >= 15 is 0 Å². The van der Waals surface area contributed by atoms with Crippen molar-refractivity contribution in [2.24, 2.45) is 5.92 Å². The van der Waals surface area contributed by atoms with E-state index in [1.54, 1.807) is 18.3 Å². The number of aliphatic hydroxyl groups is 1. The van der Waals surface area contributed by atoms with Crippen molar-refractivity contribution < 1.29 is 19.4 Å². The molecule has 34 heavy (non-hydrogen) atoms. The number of Topliss-reactive ketones (excluding diaryl/α,β-unsaturated/α-hetero) is 1. The van der Waals surface area contributed by atoms with Gasteiger partial charge >= 0.3 is 5.97 Å². The number of allylic oxidation sites excluding steroid dienone is 1. The van der Waals surface area contributed by atoms with Crippen molar-refractivity contribution in [3.63, 3.8) is 0 Å². The molecule has 0 saturated carbocycles. The summed E-state index contributed by atoms with van der Waals surface area (Å²) in [5.41, 5.74) is 3.05. The minimum absolute atomic E-state index is 0.0471. The van der Waals surface area contributed by atoms with Gasteiger partial charge in [0.2, 0.25) is 0 Å². The quantitative estimate of drug-likeness (QED) is 0.142. The molecule has 1 heterocycles. The second-order valence-corrected chi connectivity index (χ2v) is 13.4. The van der Waals surface area contributed by atoms with Crippen molar-refractivity contribution in [1.82, 2.24) is 4.98 Å². The lowest BCUT2D eigenvalue weighted by molar-refractivity contribution is -0.143. The molecule has 0 aliphatic carbocycles. The first-order valence-corrected chi connectivity index (χ1v) is 14.5. The Bertz CT molecular complexity index is 861. The van der Waals surface area contributed by atoms with Crippen molar-refractivity contribution in [2.75, 3.05) is 12.4 Å². The predicted octanol–water partition coefficient (Wildman–Crippen LogP) is 6.77. The van der Waals surface area contributed by atoms with E-state index in [4.69, 9.17) is 4.74 Å². The van der Waals surface area contributed by atoms with Crippen LogP contribution in [0, 0.1) is 12.8 Å². The van der Waals surface area contributed by atoms with Crippen LogP contribution in [0.4, 0.5) is 0 Å². The van der Waals surface area contributed by atoms with Gasteiger partial charge in [0.05, 0.1) is 26.0 Å². The summed E-state index contributed by atoms with van der Waals surface area (Å²) in [5, 5.41) is 12.2. The summed E-state index contributed by atoms with van der Waals surface area (Å²) in [7, 11) is 0. The molecule has 1 rings (SSSR count). The highest BCUT2D eigenvalue weighted by molar-refractivity contribution is 9.10. The number of hydrogen-bond donors (Lipinski definition) is 1. The first-order chi connectivity index (χ1) is 15.9. The molecule has 0 amide bonds. The average Bonchev–Trinajstić information content (AvgIpc) is 3.18. The van der Waals surface area contributed by atoms with Gasteiger partial charge in [-0.3, -0.25) is 9.59 Å². The number of alkyl halides is 1. The summed E-state index contributed by atoms with van der Waals surface area (Å²) in [6.07, 6.45) is 7.27. The number of thiazole rings is 1. The fourth-order valence-corrected chi connectivity index (χ4v) is 5.47. The third kappa shape index (κ3) is 11.6. The van der Waals surface area contributed by atoms with E-state index in [1.165, 1.54) is 17.3 Å². The number of hydrogen-bond acceptors (Lipinski definition) is 7. The van der Waals surface area contributed by atoms with Gasteiger partial charge in [-0.1, -0.05) is 34.5 Å². The summed E-state index contributed by atoms with van der Waals surface area (Å²) < 4.78 is 5.21. The Kier molecular flexibility index (Phi) is 13.9. The number of halogens is 1. The van der Waals surface area contributed by atoms with E-state index in [0.29, 0.717) is 12.3 Å². The molecule has 5 nitrogen and oxygen atoms in total. The Balaban J connectivity index is 2.86. The Labute approximate surface area is 222 Å². The first-order valence-electron chi connectivity index (χ1n) is 11.7. The number of carbonyl (C=O) groups excluding carboxylic acids is 2. The van der Waals surface area contributed by atoms with Gasteiger partial charge in [-0.15, -0.1) is 23.1 Å². The molecular formula is C26H40BrNO4S2.